The van der Waals surface area contributed by atoms with Crippen molar-refractivity contribution in [2.24, 2.45) is 0 Å². The van der Waals surface area contributed by atoms with Gasteiger partial charge in [-0.2, -0.15) is 0 Å². The van der Waals surface area contributed by atoms with Gasteiger partial charge in [0, 0.05) is 10.8 Å². The highest BCUT2D eigenvalue weighted by Gasteiger charge is 2.47. The van der Waals surface area contributed by atoms with Gasteiger partial charge in [0.25, 0.3) is 0 Å². The van der Waals surface area contributed by atoms with Crippen molar-refractivity contribution in [1.29, 1.82) is 0 Å². The van der Waals surface area contributed by atoms with Crippen molar-refractivity contribution < 1.29 is 0 Å². The fraction of sp³-hybridized carbons (Fsp3) is 0.111. The molecule has 0 bridgehead atoms. The number of rotatable bonds is 3. The average Bonchev–Trinajstić information content (AvgIpc) is 3.59. The van der Waals surface area contributed by atoms with Crippen LogP contribution in [0, 0.1) is 0 Å². The van der Waals surface area contributed by atoms with Gasteiger partial charge in [-0.1, -0.05) is 179 Å². The lowest BCUT2D eigenvalue weighted by Crippen LogP contribution is -2.24. The van der Waals surface area contributed by atoms with Crippen molar-refractivity contribution in [3.05, 3.63) is 192 Å². The molecule has 11 rings (SSSR count). The molecule has 0 aliphatic heterocycles. The summed E-state index contributed by atoms with van der Waals surface area (Å²) in [5, 5.41) is 7.84. The van der Waals surface area contributed by atoms with Crippen LogP contribution >= 0.6 is 0 Å². The second kappa shape index (κ2) is 11.1. The van der Waals surface area contributed by atoms with E-state index >= 15 is 0 Å². The lowest BCUT2D eigenvalue weighted by atomic mass is 9.71. The van der Waals surface area contributed by atoms with Gasteiger partial charge in [-0.25, -0.2) is 0 Å². The molecule has 0 heterocycles. The predicted octanol–water partition coefficient (Wildman–Crippen LogP) is 14.8. The molecule has 0 saturated carbocycles. The Bertz CT molecular complexity index is 3020. The Morgan fingerprint density at radius 1 is 0.296 bits per heavy atom. The maximum absolute atomic E-state index is 2.49. The van der Waals surface area contributed by atoms with Gasteiger partial charge in [0.1, 0.15) is 0 Å². The molecule has 0 aromatic heterocycles. The lowest BCUT2D eigenvalue weighted by Gasteiger charge is -2.31. The standard InChI is InChI=1S/C54H40/c1-53(2)47-31-39(35-22-20-34(21-23-35)38-25-24-33-12-5-6-14-37(33)30-38)26-28-45(47)49-43-17-9-10-18-44(43)50-46-29-27-40(32-48(46)54(3,4)52(50)51(49)53)42-19-11-15-36-13-7-8-16-41(36)42/h5-32H,1-4H3. The van der Waals surface area contributed by atoms with Crippen LogP contribution < -0.4 is 0 Å². The topological polar surface area (TPSA) is 0 Å². The molecule has 0 unspecified atom stereocenters. The van der Waals surface area contributed by atoms with Crippen molar-refractivity contribution in [2.75, 3.05) is 0 Å². The quantitative estimate of drug-likeness (QED) is 0.173. The van der Waals surface area contributed by atoms with Crippen LogP contribution in [0.4, 0.5) is 0 Å². The van der Waals surface area contributed by atoms with Gasteiger partial charge in [-0.15, -0.1) is 0 Å². The second-order valence-electron chi connectivity index (χ2n) is 16.5. The van der Waals surface area contributed by atoms with Gasteiger partial charge >= 0.3 is 0 Å². The normalized spacial score (nSPS) is 14.6. The van der Waals surface area contributed by atoms with E-state index in [-0.39, 0.29) is 10.8 Å². The molecule has 0 radical (unpaired) electrons. The van der Waals surface area contributed by atoms with Crippen LogP contribution in [0.2, 0.25) is 0 Å². The van der Waals surface area contributed by atoms with Gasteiger partial charge in [0.2, 0.25) is 0 Å². The van der Waals surface area contributed by atoms with E-state index in [4.69, 9.17) is 0 Å². The molecule has 9 aromatic carbocycles. The fourth-order valence-corrected chi connectivity index (χ4v) is 10.1. The zero-order valence-electron chi connectivity index (χ0n) is 31.2. The third-order valence-corrected chi connectivity index (χ3v) is 12.8. The molecule has 54 heavy (non-hydrogen) atoms. The summed E-state index contributed by atoms with van der Waals surface area (Å²) >= 11 is 0. The van der Waals surface area contributed by atoms with Crippen LogP contribution in [0.15, 0.2) is 170 Å². The molecular weight excluding hydrogens is 649 g/mol. The molecule has 0 spiro atoms. The summed E-state index contributed by atoms with van der Waals surface area (Å²) in [4.78, 5) is 0. The van der Waals surface area contributed by atoms with Crippen molar-refractivity contribution in [2.45, 2.75) is 38.5 Å². The second-order valence-corrected chi connectivity index (χ2v) is 16.5. The van der Waals surface area contributed by atoms with E-state index < -0.39 is 0 Å². The highest BCUT2D eigenvalue weighted by atomic mass is 14.5. The number of hydrogen-bond acceptors (Lipinski definition) is 0. The Balaban J connectivity index is 1.05. The first-order chi connectivity index (χ1) is 26.3. The van der Waals surface area contributed by atoms with Crippen LogP contribution in [0.1, 0.15) is 49.9 Å². The van der Waals surface area contributed by atoms with E-state index in [1.165, 1.54) is 110 Å². The molecule has 2 aliphatic carbocycles. The van der Waals surface area contributed by atoms with Gasteiger partial charge in [0.05, 0.1) is 0 Å². The minimum Gasteiger partial charge on any atom is -0.0616 e. The van der Waals surface area contributed by atoms with Crippen molar-refractivity contribution in [3.8, 4) is 55.6 Å². The van der Waals surface area contributed by atoms with E-state index in [2.05, 4.69) is 198 Å². The first-order valence-corrected chi connectivity index (χ1v) is 19.3. The molecule has 0 heteroatoms. The fourth-order valence-electron chi connectivity index (χ4n) is 10.1. The summed E-state index contributed by atoms with van der Waals surface area (Å²) in [6.07, 6.45) is 0. The largest absolute Gasteiger partial charge is 0.0616 e. The zero-order chi connectivity index (χ0) is 36.3. The van der Waals surface area contributed by atoms with Crippen LogP contribution in [0.5, 0.6) is 0 Å². The molecule has 0 amide bonds. The van der Waals surface area contributed by atoms with Gasteiger partial charge in [-0.05, 0) is 128 Å². The monoisotopic (exact) mass is 688 g/mol. The van der Waals surface area contributed by atoms with Crippen molar-refractivity contribution in [3.63, 3.8) is 0 Å². The van der Waals surface area contributed by atoms with Gasteiger partial charge in [-0.3, -0.25) is 0 Å². The van der Waals surface area contributed by atoms with Gasteiger partial charge < -0.3 is 0 Å². The zero-order valence-corrected chi connectivity index (χ0v) is 31.2. The Kier molecular flexibility index (Phi) is 6.46. The van der Waals surface area contributed by atoms with Crippen LogP contribution in [-0.4, -0.2) is 0 Å². The Morgan fingerprint density at radius 3 is 1.37 bits per heavy atom. The molecule has 0 N–H and O–H groups in total. The summed E-state index contributed by atoms with van der Waals surface area (Å²) in [5.74, 6) is 0. The number of fused-ring (bicyclic) bond motifs is 12. The molecule has 0 nitrogen and oxygen atoms in total. The molecule has 0 atom stereocenters. The summed E-state index contributed by atoms with van der Waals surface area (Å²) < 4.78 is 0. The molecule has 256 valence electrons. The summed E-state index contributed by atoms with van der Waals surface area (Å²) in [7, 11) is 0. The van der Waals surface area contributed by atoms with Crippen molar-refractivity contribution >= 4 is 32.3 Å². The summed E-state index contributed by atoms with van der Waals surface area (Å²) in [5.41, 5.74) is 18.6. The lowest BCUT2D eigenvalue weighted by molar-refractivity contribution is 0.602. The van der Waals surface area contributed by atoms with Crippen LogP contribution in [0.25, 0.3) is 88.0 Å². The minimum atomic E-state index is -0.183. The Labute approximate surface area is 317 Å². The van der Waals surface area contributed by atoms with E-state index in [0.717, 1.165) is 0 Å². The predicted molar refractivity (Wildman–Crippen MR) is 230 cm³/mol. The summed E-state index contributed by atoms with van der Waals surface area (Å²) in [6, 6.07) is 63.6. The molecule has 0 saturated heterocycles. The maximum Gasteiger partial charge on any atom is 0.0162 e. The minimum absolute atomic E-state index is 0.180. The third kappa shape index (κ3) is 4.32. The van der Waals surface area contributed by atoms with Crippen LogP contribution in [-0.2, 0) is 10.8 Å². The first kappa shape index (κ1) is 31.3. The highest BCUT2D eigenvalue weighted by Crippen LogP contribution is 2.62. The van der Waals surface area contributed by atoms with E-state index in [9.17, 15) is 0 Å². The molecule has 0 fully saturated rings. The van der Waals surface area contributed by atoms with Crippen molar-refractivity contribution in [1.82, 2.24) is 0 Å². The highest BCUT2D eigenvalue weighted by molar-refractivity contribution is 6.13. The average molecular weight is 689 g/mol. The summed E-state index contributed by atoms with van der Waals surface area (Å²) in [6.45, 7) is 9.84. The maximum atomic E-state index is 2.49. The SMILES string of the molecule is CC1(C)c2cc(-c3ccc(-c4ccc5ccccc5c4)cc3)ccc2-c2c1c1c(c3ccccc23)-c2ccc(-c3cccc4ccccc34)cc2C1(C)C. The molecule has 2 aliphatic rings. The molecular formula is C54H40. The van der Waals surface area contributed by atoms with Gasteiger partial charge in [0.15, 0.2) is 0 Å². The first-order valence-electron chi connectivity index (χ1n) is 19.3. The molecule has 9 aromatic rings. The third-order valence-electron chi connectivity index (χ3n) is 12.8. The Hall–Kier alpha value is -6.24. The van der Waals surface area contributed by atoms with E-state index in [1.54, 1.807) is 0 Å². The Morgan fingerprint density at radius 2 is 0.741 bits per heavy atom. The number of benzene rings is 9. The van der Waals surface area contributed by atoms with E-state index in [0.29, 0.717) is 0 Å². The smallest absolute Gasteiger partial charge is 0.0162 e. The van der Waals surface area contributed by atoms with Crippen LogP contribution in [0.3, 0.4) is 0 Å². The number of hydrogen-bond donors (Lipinski definition) is 0. The van der Waals surface area contributed by atoms with E-state index in [1.807, 2.05) is 0 Å².